The van der Waals surface area contributed by atoms with E-state index in [0.29, 0.717) is 0 Å². The quantitative estimate of drug-likeness (QED) is 0.698. The van der Waals surface area contributed by atoms with Crippen molar-refractivity contribution in [3.8, 4) is 0 Å². The summed E-state index contributed by atoms with van der Waals surface area (Å²) in [7, 11) is 0. The highest BCUT2D eigenvalue weighted by Gasteiger charge is 2.41. The van der Waals surface area contributed by atoms with Crippen LogP contribution >= 0.6 is 12.2 Å². The topological polar surface area (TPSA) is 33.1 Å². The molecule has 0 spiro atoms. The van der Waals surface area contributed by atoms with Crippen LogP contribution in [0.15, 0.2) is 67.0 Å². The first-order valence-electron chi connectivity index (χ1n) is 8.91. The minimum atomic E-state index is 0.00409. The Hall–Kier alpha value is -2.66. The molecule has 1 saturated heterocycles. The molecule has 3 heterocycles. The van der Waals surface area contributed by atoms with Gasteiger partial charge in [0.25, 0.3) is 0 Å². The molecule has 26 heavy (non-hydrogen) atoms. The Morgan fingerprint density at radius 2 is 2.00 bits per heavy atom. The number of nitrogens with one attached hydrogen (secondary N) is 1. The molecule has 2 atom stereocenters. The van der Waals surface area contributed by atoms with E-state index in [2.05, 4.69) is 82.3 Å². The van der Waals surface area contributed by atoms with Crippen LogP contribution in [0.1, 0.15) is 36.0 Å². The molecule has 1 aliphatic rings. The van der Waals surface area contributed by atoms with Gasteiger partial charge in [-0.1, -0.05) is 18.2 Å². The Morgan fingerprint density at radius 1 is 1.12 bits per heavy atom. The van der Waals surface area contributed by atoms with Gasteiger partial charge in [0.05, 0.1) is 11.7 Å². The van der Waals surface area contributed by atoms with Crippen LogP contribution in [0.25, 0.3) is 0 Å². The lowest BCUT2D eigenvalue weighted by molar-refractivity contribution is 0.529. The Balaban J connectivity index is 1.85. The van der Waals surface area contributed by atoms with Crippen molar-refractivity contribution in [3.05, 3.63) is 83.9 Å². The summed E-state index contributed by atoms with van der Waals surface area (Å²) in [6.07, 6.45) is 3.96. The van der Waals surface area contributed by atoms with Crippen molar-refractivity contribution >= 4 is 23.0 Å². The molecule has 0 radical (unpaired) electrons. The predicted molar refractivity (Wildman–Crippen MR) is 109 cm³/mol. The molecule has 5 heteroatoms. The Morgan fingerprint density at radius 3 is 2.73 bits per heavy atom. The lowest BCUT2D eigenvalue weighted by Gasteiger charge is -2.29. The summed E-state index contributed by atoms with van der Waals surface area (Å²) >= 11 is 5.75. The van der Waals surface area contributed by atoms with E-state index in [9.17, 15) is 0 Å². The first kappa shape index (κ1) is 16.8. The predicted octanol–water partition coefficient (Wildman–Crippen LogP) is 4.39. The highest BCUT2D eigenvalue weighted by molar-refractivity contribution is 7.80. The number of rotatable bonds is 4. The molecule has 2 aromatic heterocycles. The van der Waals surface area contributed by atoms with Gasteiger partial charge in [0.2, 0.25) is 0 Å². The smallest absolute Gasteiger partial charge is 0.174 e. The van der Waals surface area contributed by atoms with Crippen molar-refractivity contribution in [1.82, 2.24) is 14.9 Å². The molecule has 132 valence electrons. The number of pyridine rings is 1. The van der Waals surface area contributed by atoms with Crippen LogP contribution < -0.4 is 10.2 Å². The number of hydrogen-bond donors (Lipinski definition) is 1. The van der Waals surface area contributed by atoms with Crippen LogP contribution in [0.3, 0.4) is 0 Å². The molecule has 0 saturated carbocycles. The minimum absolute atomic E-state index is 0.00409. The Bertz CT molecular complexity index is 919. The van der Waals surface area contributed by atoms with E-state index in [1.165, 1.54) is 11.3 Å². The fourth-order valence-corrected chi connectivity index (χ4v) is 4.04. The van der Waals surface area contributed by atoms with Gasteiger partial charge in [-0.15, -0.1) is 0 Å². The molecule has 3 aromatic rings. The second kappa shape index (κ2) is 6.92. The molecule has 0 unspecified atom stereocenters. The SMILES string of the molecule is CCn1cccc1[C@H]1[C@@H](c2ccccn2)NC(=S)N1c1cccc(C)c1. The van der Waals surface area contributed by atoms with Crippen LogP contribution in [-0.4, -0.2) is 14.7 Å². The van der Waals surface area contributed by atoms with Gasteiger partial charge in [0.15, 0.2) is 5.11 Å². The molecule has 1 aromatic carbocycles. The summed E-state index contributed by atoms with van der Waals surface area (Å²) in [5, 5.41) is 4.25. The fourth-order valence-electron chi connectivity index (χ4n) is 3.70. The number of hydrogen-bond acceptors (Lipinski definition) is 2. The molecule has 4 nitrogen and oxygen atoms in total. The normalized spacial score (nSPS) is 19.6. The van der Waals surface area contributed by atoms with Crippen molar-refractivity contribution in [2.24, 2.45) is 0 Å². The maximum atomic E-state index is 5.75. The molecular weight excluding hydrogens is 340 g/mol. The van der Waals surface area contributed by atoms with Crippen LogP contribution in [0.5, 0.6) is 0 Å². The van der Waals surface area contributed by atoms with Gasteiger partial charge in [0, 0.05) is 30.3 Å². The summed E-state index contributed by atoms with van der Waals surface area (Å²) in [6.45, 7) is 5.19. The van der Waals surface area contributed by atoms with Crippen molar-refractivity contribution < 1.29 is 0 Å². The van der Waals surface area contributed by atoms with Crippen molar-refractivity contribution in [2.45, 2.75) is 32.5 Å². The molecular formula is C21H22N4S. The standard InChI is InChI=1S/C21H22N4S/c1-3-24-13-7-11-18(24)20-19(17-10-4-5-12-22-17)23-21(26)25(20)16-9-6-8-15(2)14-16/h4-14,19-20H,3H2,1-2H3,(H,23,26)/t19-,20+/m1/s1. The van der Waals surface area contributed by atoms with E-state index in [-0.39, 0.29) is 12.1 Å². The third-order valence-corrected chi connectivity index (χ3v) is 5.20. The highest BCUT2D eigenvalue weighted by atomic mass is 32.1. The molecule has 1 aliphatic heterocycles. The Kier molecular flexibility index (Phi) is 4.47. The number of aromatic nitrogens is 2. The second-order valence-corrected chi connectivity index (χ2v) is 6.94. The number of benzene rings is 1. The van der Waals surface area contributed by atoms with E-state index >= 15 is 0 Å². The van der Waals surface area contributed by atoms with Gasteiger partial charge in [-0.2, -0.15) is 0 Å². The van der Waals surface area contributed by atoms with Gasteiger partial charge in [0.1, 0.15) is 6.04 Å². The molecule has 1 N–H and O–H groups in total. The van der Waals surface area contributed by atoms with Gasteiger partial charge in [-0.05, 0) is 68.0 Å². The van der Waals surface area contributed by atoms with Crippen LogP contribution in [0.4, 0.5) is 5.69 Å². The lowest BCUT2D eigenvalue weighted by atomic mass is 10.0. The fraction of sp³-hybridized carbons (Fsp3) is 0.238. The molecule has 0 amide bonds. The third kappa shape index (κ3) is 2.88. The van der Waals surface area contributed by atoms with Crippen molar-refractivity contribution in [1.29, 1.82) is 0 Å². The highest BCUT2D eigenvalue weighted by Crippen LogP contribution is 2.41. The van der Waals surface area contributed by atoms with Gasteiger partial charge < -0.3 is 14.8 Å². The monoisotopic (exact) mass is 362 g/mol. The van der Waals surface area contributed by atoms with Gasteiger partial charge >= 0.3 is 0 Å². The summed E-state index contributed by atoms with van der Waals surface area (Å²) in [5.74, 6) is 0. The average molecular weight is 363 g/mol. The Labute approximate surface area is 159 Å². The van der Waals surface area contributed by atoms with Crippen LogP contribution in [0, 0.1) is 6.92 Å². The number of thiocarbonyl (C=S) groups is 1. The van der Waals surface area contributed by atoms with E-state index in [4.69, 9.17) is 12.2 Å². The van der Waals surface area contributed by atoms with Gasteiger partial charge in [-0.25, -0.2) is 0 Å². The molecule has 1 fully saturated rings. The molecule has 0 aliphatic carbocycles. The summed E-state index contributed by atoms with van der Waals surface area (Å²) in [5.41, 5.74) is 4.56. The minimum Gasteiger partial charge on any atom is -0.351 e. The lowest BCUT2D eigenvalue weighted by Crippen LogP contribution is -2.30. The summed E-state index contributed by atoms with van der Waals surface area (Å²) in [4.78, 5) is 6.82. The van der Waals surface area contributed by atoms with Crippen molar-refractivity contribution in [3.63, 3.8) is 0 Å². The molecule has 0 bridgehead atoms. The van der Waals surface area contributed by atoms with Crippen molar-refractivity contribution in [2.75, 3.05) is 4.90 Å². The zero-order valence-electron chi connectivity index (χ0n) is 15.0. The third-order valence-electron chi connectivity index (χ3n) is 4.89. The average Bonchev–Trinajstić information content (AvgIpc) is 3.26. The van der Waals surface area contributed by atoms with E-state index in [1.54, 1.807) is 0 Å². The number of aryl methyl sites for hydroxylation is 2. The largest absolute Gasteiger partial charge is 0.351 e. The summed E-state index contributed by atoms with van der Waals surface area (Å²) < 4.78 is 2.28. The maximum absolute atomic E-state index is 5.75. The first-order valence-corrected chi connectivity index (χ1v) is 9.32. The second-order valence-electron chi connectivity index (χ2n) is 6.55. The van der Waals surface area contributed by atoms with E-state index in [1.807, 2.05) is 18.3 Å². The summed E-state index contributed by atoms with van der Waals surface area (Å²) in [6, 6.07) is 18.9. The van der Waals surface area contributed by atoms with E-state index in [0.717, 1.165) is 23.0 Å². The zero-order chi connectivity index (χ0) is 18.1. The number of anilines is 1. The van der Waals surface area contributed by atoms with Gasteiger partial charge in [-0.3, -0.25) is 4.98 Å². The van der Waals surface area contributed by atoms with Crippen LogP contribution in [0.2, 0.25) is 0 Å². The molecule has 4 rings (SSSR count). The maximum Gasteiger partial charge on any atom is 0.174 e. The number of nitrogens with zero attached hydrogens (tertiary/aromatic N) is 3. The van der Waals surface area contributed by atoms with Crippen LogP contribution in [-0.2, 0) is 6.54 Å². The van der Waals surface area contributed by atoms with E-state index < -0.39 is 0 Å². The first-order chi connectivity index (χ1) is 12.7. The zero-order valence-corrected chi connectivity index (χ0v) is 15.8.